The van der Waals surface area contributed by atoms with E-state index in [-0.39, 0.29) is 25.7 Å². The molecule has 5 atom stereocenters. The topological polar surface area (TPSA) is 237 Å². The Labute approximate surface area is 573 Å². The molecule has 0 aliphatic carbocycles. The second kappa shape index (κ2) is 66.4. The molecule has 3 N–H and O–H groups in total. The van der Waals surface area contributed by atoms with Gasteiger partial charge in [-0.05, 0) is 63.2 Å². The van der Waals surface area contributed by atoms with Crippen LogP contribution in [0.25, 0.3) is 0 Å². The molecule has 0 heterocycles. The first-order chi connectivity index (χ1) is 45.4. The Kier molecular flexibility index (Phi) is 64.7. The summed E-state index contributed by atoms with van der Waals surface area (Å²) >= 11 is 0. The van der Waals surface area contributed by atoms with Crippen LogP contribution in [-0.2, 0) is 65.4 Å². The Morgan fingerprint density at radius 2 is 0.574 bits per heavy atom. The first-order valence-electron chi connectivity index (χ1n) is 38.3. The molecule has 0 radical (unpaired) electrons. The molecule has 0 saturated carbocycles. The summed E-state index contributed by atoms with van der Waals surface area (Å²) < 4.78 is 68.3. The fourth-order valence-corrected chi connectivity index (χ4v) is 12.5. The molecule has 0 fully saturated rings. The highest BCUT2D eigenvalue weighted by molar-refractivity contribution is 7.47. The maximum Gasteiger partial charge on any atom is 0.472 e. The normalized spacial score (nSPS) is 14.2. The molecule has 94 heavy (non-hydrogen) atoms. The van der Waals surface area contributed by atoms with Gasteiger partial charge in [-0.1, -0.05) is 310 Å². The van der Waals surface area contributed by atoms with Gasteiger partial charge in [0.15, 0.2) is 12.2 Å². The first kappa shape index (κ1) is 91.5. The lowest BCUT2D eigenvalue weighted by Gasteiger charge is -2.21. The van der Waals surface area contributed by atoms with Crippen molar-refractivity contribution in [3.8, 4) is 0 Å². The van der Waals surface area contributed by atoms with Crippen molar-refractivity contribution >= 4 is 39.5 Å². The van der Waals surface area contributed by atoms with Crippen LogP contribution in [0.3, 0.4) is 0 Å². The summed E-state index contributed by atoms with van der Waals surface area (Å²) in [4.78, 5) is 72.6. The number of hydrogen-bond acceptors (Lipinski definition) is 15. The van der Waals surface area contributed by atoms with E-state index in [2.05, 4.69) is 65.8 Å². The van der Waals surface area contributed by atoms with Crippen LogP contribution in [0.15, 0.2) is 24.3 Å². The third-order valence-corrected chi connectivity index (χ3v) is 18.7. The fraction of sp³-hybridized carbons (Fsp3) is 0.893. The average molecular weight is 1380 g/mol. The van der Waals surface area contributed by atoms with Gasteiger partial charge in [0.25, 0.3) is 0 Å². The lowest BCUT2D eigenvalue weighted by Crippen LogP contribution is -2.30. The SMILES string of the molecule is CCCCCC/C=C\C=C/CCCCCCCC(=O)OC[C@H](COP(=O)(O)OC[C@@H](O)COP(=O)(O)OC[C@@H](COC(=O)CCCCCCCCC)OC(=O)CCCCCCCCCCCCC(C)C)OC(=O)CCCCCCCCCCCCCCCCCCC(C)C. The number of allylic oxidation sites excluding steroid dienone is 4. The van der Waals surface area contributed by atoms with Crippen molar-refractivity contribution in [2.45, 2.75) is 381 Å². The van der Waals surface area contributed by atoms with Gasteiger partial charge in [0.1, 0.15) is 19.3 Å². The number of carbonyl (C=O) groups is 4. The average Bonchev–Trinajstić information content (AvgIpc) is 1.55. The van der Waals surface area contributed by atoms with Gasteiger partial charge in [-0.3, -0.25) is 37.3 Å². The van der Waals surface area contributed by atoms with Gasteiger partial charge in [-0.2, -0.15) is 0 Å². The van der Waals surface area contributed by atoms with Crippen LogP contribution in [-0.4, -0.2) is 96.7 Å². The zero-order chi connectivity index (χ0) is 69.3. The molecule has 0 aliphatic rings. The zero-order valence-corrected chi connectivity index (χ0v) is 62.5. The molecule has 0 bridgehead atoms. The minimum Gasteiger partial charge on any atom is -0.462 e. The second-order valence-corrected chi connectivity index (χ2v) is 30.2. The number of aliphatic hydroxyl groups is 1. The monoisotopic (exact) mass is 1380 g/mol. The number of esters is 4. The van der Waals surface area contributed by atoms with E-state index in [1.807, 2.05) is 0 Å². The van der Waals surface area contributed by atoms with Crippen molar-refractivity contribution in [3.63, 3.8) is 0 Å². The molecule has 0 aromatic heterocycles. The smallest absolute Gasteiger partial charge is 0.462 e. The van der Waals surface area contributed by atoms with Gasteiger partial charge in [-0.25, -0.2) is 9.13 Å². The first-order valence-corrected chi connectivity index (χ1v) is 41.3. The number of phosphoric acid groups is 2. The van der Waals surface area contributed by atoms with Crippen LogP contribution < -0.4 is 0 Å². The van der Waals surface area contributed by atoms with Crippen LogP contribution in [0.4, 0.5) is 0 Å². The predicted octanol–water partition coefficient (Wildman–Crippen LogP) is 21.5. The lowest BCUT2D eigenvalue weighted by atomic mass is 10.0. The van der Waals surface area contributed by atoms with Crippen LogP contribution in [0.1, 0.15) is 363 Å². The minimum atomic E-state index is -4.96. The van der Waals surface area contributed by atoms with Crippen LogP contribution in [0.5, 0.6) is 0 Å². The number of unbranched alkanes of at least 4 members (excludes halogenated alkanes) is 39. The number of rotatable bonds is 72. The number of phosphoric ester groups is 2. The Morgan fingerprint density at radius 1 is 0.330 bits per heavy atom. The highest BCUT2D eigenvalue weighted by atomic mass is 31.2. The molecule has 0 aromatic rings. The van der Waals surface area contributed by atoms with Crippen LogP contribution in [0, 0.1) is 11.8 Å². The Morgan fingerprint density at radius 3 is 0.872 bits per heavy atom. The number of hydrogen-bond donors (Lipinski definition) is 3. The Bertz CT molecular complexity index is 1910. The summed E-state index contributed by atoms with van der Waals surface area (Å²) in [5, 5.41) is 10.6. The van der Waals surface area contributed by atoms with E-state index in [1.54, 1.807) is 0 Å². The molecule has 17 nitrogen and oxygen atoms in total. The summed E-state index contributed by atoms with van der Waals surface area (Å²) in [6, 6.07) is 0. The van der Waals surface area contributed by atoms with Gasteiger partial charge < -0.3 is 33.8 Å². The molecule has 0 aromatic carbocycles. The standard InChI is InChI=1S/C75H142O17P2/c1-7-9-11-13-15-16-17-18-21-25-28-34-40-46-52-58-73(78)86-64-71(92-74(79)59-53-47-41-35-29-26-23-20-19-22-24-27-32-38-43-49-55-67(3)4)66-90-94(83,84)88-62-69(76)61-87-93(81,82)89-65-70(63-85-72(77)57-51-45-37-14-12-10-8-2)91-75(80)60-54-48-42-36-31-30-33-39-44-50-56-68(5)6/h16-18,21,67-71,76H,7-15,19-20,22-66H2,1-6H3,(H,81,82)(H,83,84)/b17-16-,21-18-/t69-,70+,71+/m0/s1. The molecule has 19 heteroatoms. The Hall–Kier alpha value is -2.46. The highest BCUT2D eigenvalue weighted by Crippen LogP contribution is 2.45. The molecule has 2 unspecified atom stereocenters. The third-order valence-electron chi connectivity index (χ3n) is 16.8. The molecule has 0 amide bonds. The number of aliphatic hydroxyl groups excluding tert-OH is 1. The molecular formula is C75H142O17P2. The van der Waals surface area contributed by atoms with Gasteiger partial charge in [-0.15, -0.1) is 0 Å². The quantitative estimate of drug-likeness (QED) is 0.0169. The molecule has 0 spiro atoms. The van der Waals surface area contributed by atoms with E-state index >= 15 is 0 Å². The van der Waals surface area contributed by atoms with Gasteiger partial charge >= 0.3 is 39.5 Å². The summed E-state index contributed by atoms with van der Waals surface area (Å²) in [5.41, 5.74) is 0. The molecule has 0 rings (SSSR count). The van der Waals surface area contributed by atoms with Gasteiger partial charge in [0.05, 0.1) is 26.4 Å². The summed E-state index contributed by atoms with van der Waals surface area (Å²) in [7, 11) is -9.92. The largest absolute Gasteiger partial charge is 0.472 e. The summed E-state index contributed by atoms with van der Waals surface area (Å²) in [6.45, 7) is 9.49. The Balaban J connectivity index is 5.23. The van der Waals surface area contributed by atoms with Gasteiger partial charge in [0.2, 0.25) is 0 Å². The maximum absolute atomic E-state index is 13.1. The minimum absolute atomic E-state index is 0.101. The van der Waals surface area contributed by atoms with E-state index in [0.29, 0.717) is 25.7 Å². The number of ether oxygens (including phenoxy) is 4. The summed E-state index contributed by atoms with van der Waals surface area (Å²) in [6.07, 6.45) is 56.5. The zero-order valence-electron chi connectivity index (χ0n) is 60.7. The van der Waals surface area contributed by atoms with E-state index in [9.17, 15) is 43.2 Å². The van der Waals surface area contributed by atoms with E-state index in [1.165, 1.54) is 148 Å². The molecule has 0 aliphatic heterocycles. The predicted molar refractivity (Wildman–Crippen MR) is 381 cm³/mol. The molecule has 0 saturated heterocycles. The fourth-order valence-electron chi connectivity index (χ4n) is 10.9. The van der Waals surface area contributed by atoms with Crippen molar-refractivity contribution in [2.75, 3.05) is 39.6 Å². The highest BCUT2D eigenvalue weighted by Gasteiger charge is 2.30. The lowest BCUT2D eigenvalue weighted by molar-refractivity contribution is -0.161. The third kappa shape index (κ3) is 68.1. The summed E-state index contributed by atoms with van der Waals surface area (Å²) in [5.74, 6) is -0.594. The second-order valence-electron chi connectivity index (χ2n) is 27.3. The van der Waals surface area contributed by atoms with Crippen molar-refractivity contribution in [1.82, 2.24) is 0 Å². The maximum atomic E-state index is 13.1. The van der Waals surface area contributed by atoms with Crippen molar-refractivity contribution in [3.05, 3.63) is 24.3 Å². The van der Waals surface area contributed by atoms with Crippen molar-refractivity contribution in [1.29, 1.82) is 0 Å². The van der Waals surface area contributed by atoms with Crippen molar-refractivity contribution in [2.24, 2.45) is 11.8 Å². The van der Waals surface area contributed by atoms with Gasteiger partial charge in [0, 0.05) is 25.7 Å². The van der Waals surface area contributed by atoms with E-state index in [4.69, 9.17) is 37.0 Å². The number of carbonyl (C=O) groups excluding carboxylic acids is 4. The van der Waals surface area contributed by atoms with Crippen molar-refractivity contribution < 1.29 is 80.2 Å². The molecular weight excluding hydrogens is 1230 g/mol. The van der Waals surface area contributed by atoms with E-state index in [0.717, 1.165) is 134 Å². The molecule has 554 valence electrons. The van der Waals surface area contributed by atoms with Crippen LogP contribution in [0.2, 0.25) is 0 Å². The van der Waals surface area contributed by atoms with E-state index < -0.39 is 97.5 Å². The van der Waals surface area contributed by atoms with Crippen LogP contribution >= 0.6 is 15.6 Å².